The van der Waals surface area contributed by atoms with Crippen molar-refractivity contribution in [2.75, 3.05) is 0 Å². The highest BCUT2D eigenvalue weighted by atomic mass is 16.3. The molecule has 2 aromatic carbocycles. The van der Waals surface area contributed by atoms with Gasteiger partial charge in [-0.25, -0.2) is 0 Å². The summed E-state index contributed by atoms with van der Waals surface area (Å²) >= 11 is 0. The van der Waals surface area contributed by atoms with E-state index in [9.17, 15) is 34.2 Å². The molecule has 0 radical (unpaired) electrons. The number of fused-ring (bicyclic) bond motifs is 3. The van der Waals surface area contributed by atoms with Crippen molar-refractivity contribution in [2.45, 2.75) is 79.2 Å². The number of aromatic hydroxyl groups is 1. The molecule has 0 spiro atoms. The highest BCUT2D eigenvalue weighted by Crippen LogP contribution is 2.63. The Hall–Kier alpha value is -3.45. The van der Waals surface area contributed by atoms with E-state index < -0.39 is 63.1 Å². The molecule has 3 aliphatic rings. The maximum atomic E-state index is 14.4. The van der Waals surface area contributed by atoms with E-state index in [2.05, 4.69) is 31.2 Å². The van der Waals surface area contributed by atoms with Crippen molar-refractivity contribution in [3.8, 4) is 5.75 Å². The van der Waals surface area contributed by atoms with Crippen molar-refractivity contribution in [1.82, 2.24) is 0 Å². The Morgan fingerprint density at radius 2 is 1.57 bits per heavy atom. The van der Waals surface area contributed by atoms with Crippen LogP contribution >= 0.6 is 0 Å². The number of ketones is 5. The van der Waals surface area contributed by atoms with Gasteiger partial charge in [-0.1, -0.05) is 65.0 Å². The van der Waals surface area contributed by atoms with E-state index in [1.165, 1.54) is 11.6 Å². The van der Waals surface area contributed by atoms with Crippen LogP contribution in [0.4, 0.5) is 0 Å². The summed E-state index contributed by atoms with van der Waals surface area (Å²) in [7, 11) is 0. The predicted octanol–water partition coefficient (Wildman–Crippen LogP) is 4.44. The average molecular weight is 573 g/mol. The number of hydrogen-bond donors (Lipinski definition) is 2. The topological polar surface area (TPSA) is 126 Å². The normalized spacial score (nSPS) is 32.4. The molecule has 6 atom stereocenters. The van der Waals surface area contributed by atoms with E-state index >= 15 is 0 Å². The van der Waals surface area contributed by atoms with Gasteiger partial charge < -0.3 is 10.2 Å². The van der Waals surface area contributed by atoms with Crippen molar-refractivity contribution >= 4 is 28.9 Å². The van der Waals surface area contributed by atoms with Gasteiger partial charge in [0.1, 0.15) is 17.5 Å². The van der Waals surface area contributed by atoms with Crippen LogP contribution in [0.25, 0.3) is 0 Å². The second-order valence-corrected chi connectivity index (χ2v) is 13.6. The van der Waals surface area contributed by atoms with Gasteiger partial charge in [0.2, 0.25) is 0 Å². The number of aryl methyl sites for hydroxylation is 3. The molecule has 0 heterocycles. The van der Waals surface area contributed by atoms with Gasteiger partial charge in [0, 0.05) is 11.3 Å². The first-order valence-corrected chi connectivity index (χ1v) is 14.9. The maximum absolute atomic E-state index is 14.4. The SMILES string of the molecule is CCc1ccc(CCc2ccc(O)c3c2C[C@]2(C)C[C@]4(C)C(C(C)C)C(=O)C(C(C)=O)C(=O)[C@]4(O)C(=O)C2C3=O)cc1. The molecule has 0 aliphatic heterocycles. The number of hydrogen-bond acceptors (Lipinski definition) is 7. The summed E-state index contributed by atoms with van der Waals surface area (Å²) in [6, 6.07) is 11.7. The third-order valence-corrected chi connectivity index (χ3v) is 10.5. The van der Waals surface area contributed by atoms with Crippen LogP contribution in [-0.4, -0.2) is 44.7 Å². The number of carbonyl (C=O) groups is 5. The third kappa shape index (κ3) is 4.07. The van der Waals surface area contributed by atoms with Gasteiger partial charge in [0.15, 0.2) is 28.7 Å². The van der Waals surface area contributed by atoms with E-state index in [-0.39, 0.29) is 30.1 Å². The molecule has 3 unspecified atom stereocenters. The smallest absolute Gasteiger partial charge is 0.190 e. The lowest BCUT2D eigenvalue weighted by molar-refractivity contribution is -0.205. The van der Waals surface area contributed by atoms with Crippen molar-refractivity contribution in [3.05, 3.63) is 64.2 Å². The first-order chi connectivity index (χ1) is 19.6. The van der Waals surface area contributed by atoms with Crippen molar-refractivity contribution < 1.29 is 34.2 Å². The van der Waals surface area contributed by atoms with E-state index in [1.807, 2.05) is 13.0 Å². The van der Waals surface area contributed by atoms with Crippen LogP contribution in [0.1, 0.15) is 80.6 Å². The lowest BCUT2D eigenvalue weighted by Crippen LogP contribution is -2.76. The molecule has 7 heteroatoms. The Bertz CT molecular complexity index is 1520. The Balaban J connectivity index is 1.61. The lowest BCUT2D eigenvalue weighted by Gasteiger charge is -2.61. The van der Waals surface area contributed by atoms with Gasteiger partial charge in [0.25, 0.3) is 0 Å². The maximum Gasteiger partial charge on any atom is 0.190 e. The fourth-order valence-corrected chi connectivity index (χ4v) is 8.65. The van der Waals surface area contributed by atoms with Crippen LogP contribution in [0, 0.1) is 34.5 Å². The molecular formula is C35H40O7. The van der Waals surface area contributed by atoms with Gasteiger partial charge >= 0.3 is 0 Å². The molecule has 0 aromatic heterocycles. The molecule has 2 fully saturated rings. The molecule has 222 valence electrons. The van der Waals surface area contributed by atoms with Crippen LogP contribution in [0.3, 0.4) is 0 Å². The van der Waals surface area contributed by atoms with Gasteiger partial charge in [0.05, 0.1) is 11.5 Å². The Morgan fingerprint density at radius 1 is 0.952 bits per heavy atom. The van der Waals surface area contributed by atoms with Crippen LogP contribution in [0.15, 0.2) is 36.4 Å². The molecular weight excluding hydrogens is 532 g/mol. The highest BCUT2D eigenvalue weighted by Gasteiger charge is 2.76. The Kier molecular flexibility index (Phi) is 7.20. The second kappa shape index (κ2) is 10.1. The number of phenols is 1. The summed E-state index contributed by atoms with van der Waals surface area (Å²) in [5.74, 6) is -8.72. The monoisotopic (exact) mass is 572 g/mol. The predicted molar refractivity (Wildman–Crippen MR) is 156 cm³/mol. The average Bonchev–Trinajstić information content (AvgIpc) is 2.90. The summed E-state index contributed by atoms with van der Waals surface area (Å²) < 4.78 is 0. The third-order valence-electron chi connectivity index (χ3n) is 10.5. The quantitative estimate of drug-likeness (QED) is 0.490. The summed E-state index contributed by atoms with van der Waals surface area (Å²) in [6.45, 7) is 10.2. The van der Waals surface area contributed by atoms with Gasteiger partial charge in [-0.15, -0.1) is 0 Å². The minimum atomic E-state index is -2.68. The molecule has 2 aromatic rings. The van der Waals surface area contributed by atoms with Gasteiger partial charge in [-0.3, -0.25) is 24.0 Å². The number of rotatable bonds is 6. The number of carbonyl (C=O) groups excluding carboxylic acids is 5. The zero-order valence-corrected chi connectivity index (χ0v) is 25.2. The van der Waals surface area contributed by atoms with Crippen molar-refractivity contribution in [2.24, 2.45) is 34.5 Å². The zero-order valence-electron chi connectivity index (χ0n) is 25.2. The fraction of sp³-hybridized carbons (Fsp3) is 0.514. The van der Waals surface area contributed by atoms with Crippen molar-refractivity contribution in [1.29, 1.82) is 0 Å². The van der Waals surface area contributed by atoms with E-state index in [4.69, 9.17) is 0 Å². The summed E-state index contributed by atoms with van der Waals surface area (Å²) in [4.78, 5) is 68.4. The molecule has 7 nitrogen and oxygen atoms in total. The van der Waals surface area contributed by atoms with Crippen LogP contribution in [0.2, 0.25) is 0 Å². The number of benzene rings is 2. The molecule has 42 heavy (non-hydrogen) atoms. The zero-order chi connectivity index (χ0) is 30.9. The number of phenolic OH excluding ortho intramolecular Hbond substituents is 1. The minimum absolute atomic E-state index is 0.0522. The van der Waals surface area contributed by atoms with Crippen LogP contribution in [0.5, 0.6) is 5.75 Å². The molecule has 0 bridgehead atoms. The first-order valence-electron chi connectivity index (χ1n) is 14.9. The molecule has 2 saturated carbocycles. The molecule has 3 aliphatic carbocycles. The highest BCUT2D eigenvalue weighted by molar-refractivity contribution is 6.32. The summed E-state index contributed by atoms with van der Waals surface area (Å²) in [6.07, 6.45) is 2.60. The van der Waals surface area contributed by atoms with E-state index in [0.29, 0.717) is 12.0 Å². The van der Waals surface area contributed by atoms with Crippen molar-refractivity contribution in [3.63, 3.8) is 0 Å². The summed E-state index contributed by atoms with van der Waals surface area (Å²) in [5.41, 5.74) is -1.21. The summed E-state index contributed by atoms with van der Waals surface area (Å²) in [5, 5.41) is 23.0. The Labute approximate surface area is 246 Å². The Morgan fingerprint density at radius 3 is 2.14 bits per heavy atom. The molecule has 0 amide bonds. The van der Waals surface area contributed by atoms with E-state index in [1.54, 1.807) is 20.8 Å². The van der Waals surface area contributed by atoms with Gasteiger partial charge in [-0.05, 0) is 78.7 Å². The largest absolute Gasteiger partial charge is 0.507 e. The van der Waals surface area contributed by atoms with Crippen LogP contribution in [-0.2, 0) is 44.9 Å². The standard InChI is InChI=1S/C35H40O7/c1-7-20-8-10-21(11-9-20)12-13-22-14-15-24(37)26-23(22)16-33(5)17-34(6)27(18(2)3)29(38)25(19(4)36)31(40)35(34,42)32(41)28(33)30(26)39/h8-11,14-15,18,25,27-28,37,42H,7,12-13,16-17H2,1-6H3/t25?,27?,28?,33-,34-,35+/m1/s1. The van der Waals surface area contributed by atoms with Gasteiger partial charge in [-0.2, -0.15) is 0 Å². The fourth-order valence-electron chi connectivity index (χ4n) is 8.65. The minimum Gasteiger partial charge on any atom is -0.507 e. The van der Waals surface area contributed by atoms with E-state index in [0.717, 1.165) is 30.9 Å². The molecule has 2 N–H and O–H groups in total. The molecule has 0 saturated heterocycles. The van der Waals surface area contributed by atoms with Crippen LogP contribution < -0.4 is 0 Å². The number of Topliss-reactive ketones (excluding diaryl/α,β-unsaturated/α-hetero) is 5. The first kappa shape index (κ1) is 30.0. The number of aliphatic hydroxyl groups is 1. The second-order valence-electron chi connectivity index (χ2n) is 13.6. The lowest BCUT2D eigenvalue weighted by atomic mass is 9.40. The molecule has 5 rings (SSSR count).